The molecule has 3 heterocycles. The van der Waals surface area contributed by atoms with E-state index < -0.39 is 11.7 Å². The largest absolute Gasteiger partial charge is 0.416 e. The number of nitrogens with one attached hydrogen (secondary N) is 1. The van der Waals surface area contributed by atoms with E-state index in [1.165, 1.54) is 23.6 Å². The van der Waals surface area contributed by atoms with Crippen LogP contribution in [-0.4, -0.2) is 27.8 Å². The third kappa shape index (κ3) is 3.69. The summed E-state index contributed by atoms with van der Waals surface area (Å²) in [6.45, 7) is 4.55. The number of H-pyrrole nitrogens is 1. The molecule has 1 aromatic carbocycles. The Morgan fingerprint density at radius 3 is 2.66 bits per heavy atom. The number of aromatic amines is 1. The minimum Gasteiger partial charge on any atom is -0.381 e. The summed E-state index contributed by atoms with van der Waals surface area (Å²) in [6.07, 6.45) is -2.54. The lowest BCUT2D eigenvalue weighted by atomic mass is 9.95. The molecule has 0 radical (unpaired) electrons. The summed E-state index contributed by atoms with van der Waals surface area (Å²) in [6, 6.07) is 5.74. The second-order valence-electron chi connectivity index (χ2n) is 7.54. The molecule has 2 aromatic heterocycles. The van der Waals surface area contributed by atoms with Gasteiger partial charge in [-0.05, 0) is 43.9 Å². The lowest BCUT2D eigenvalue weighted by Crippen LogP contribution is -2.21. The molecule has 0 saturated carbocycles. The van der Waals surface area contributed by atoms with Crippen molar-refractivity contribution in [3.05, 3.63) is 68.3 Å². The van der Waals surface area contributed by atoms with Crippen LogP contribution >= 0.6 is 0 Å². The lowest BCUT2D eigenvalue weighted by Gasteiger charge is -2.21. The van der Waals surface area contributed by atoms with Crippen molar-refractivity contribution in [1.29, 1.82) is 0 Å². The van der Waals surface area contributed by atoms with Gasteiger partial charge >= 0.3 is 6.18 Å². The van der Waals surface area contributed by atoms with E-state index in [9.17, 15) is 18.0 Å². The van der Waals surface area contributed by atoms with E-state index in [-0.39, 0.29) is 23.5 Å². The number of aromatic nitrogens is 3. The number of nitrogens with zero attached hydrogens (tertiary/aromatic N) is 2. The average molecular weight is 405 g/mol. The smallest absolute Gasteiger partial charge is 0.381 e. The third-order valence-electron chi connectivity index (χ3n) is 5.70. The number of ether oxygens (including phenoxy) is 1. The van der Waals surface area contributed by atoms with Crippen molar-refractivity contribution in [3.8, 4) is 0 Å². The molecule has 0 amide bonds. The Kier molecular flexibility index (Phi) is 4.98. The first kappa shape index (κ1) is 19.7. The molecule has 1 aliphatic heterocycles. The molecule has 0 spiro atoms. The first-order chi connectivity index (χ1) is 13.8. The molecule has 0 aliphatic carbocycles. The number of rotatable bonds is 3. The highest BCUT2D eigenvalue weighted by atomic mass is 19.4. The van der Waals surface area contributed by atoms with E-state index in [0.717, 1.165) is 35.9 Å². The van der Waals surface area contributed by atoms with Gasteiger partial charge in [-0.1, -0.05) is 12.1 Å². The summed E-state index contributed by atoms with van der Waals surface area (Å²) in [4.78, 5) is 17.4. The number of alkyl halides is 3. The summed E-state index contributed by atoms with van der Waals surface area (Å²) >= 11 is 0. The minimum atomic E-state index is -4.40. The fourth-order valence-corrected chi connectivity index (χ4v) is 4.00. The van der Waals surface area contributed by atoms with Crippen LogP contribution in [-0.2, 0) is 17.3 Å². The second-order valence-corrected chi connectivity index (χ2v) is 7.54. The lowest BCUT2D eigenvalue weighted by molar-refractivity contribution is -0.138. The number of hydrogen-bond acceptors (Lipinski definition) is 3. The predicted octanol–water partition coefficient (Wildman–Crippen LogP) is 4.14. The van der Waals surface area contributed by atoms with Crippen LogP contribution in [0.3, 0.4) is 0 Å². The molecule has 0 bridgehead atoms. The van der Waals surface area contributed by atoms with Crippen molar-refractivity contribution in [2.45, 2.75) is 45.2 Å². The van der Waals surface area contributed by atoms with Crippen LogP contribution in [0.15, 0.2) is 29.1 Å². The molecule has 8 heteroatoms. The molecule has 5 nitrogen and oxygen atoms in total. The van der Waals surface area contributed by atoms with Gasteiger partial charge in [0.15, 0.2) is 5.65 Å². The average Bonchev–Trinajstić information content (AvgIpc) is 2.99. The normalized spacial score (nSPS) is 15.9. The van der Waals surface area contributed by atoms with E-state index in [2.05, 4.69) is 5.10 Å². The quantitative estimate of drug-likeness (QED) is 0.712. The van der Waals surface area contributed by atoms with E-state index in [0.29, 0.717) is 24.4 Å². The number of benzene rings is 1. The van der Waals surface area contributed by atoms with Crippen molar-refractivity contribution >= 4 is 5.65 Å². The van der Waals surface area contributed by atoms with Gasteiger partial charge in [-0.3, -0.25) is 9.89 Å². The van der Waals surface area contributed by atoms with Gasteiger partial charge in [0.2, 0.25) is 0 Å². The number of aryl methyl sites for hydroxylation is 1. The minimum absolute atomic E-state index is 0.153. The van der Waals surface area contributed by atoms with Gasteiger partial charge in [-0.15, -0.1) is 0 Å². The molecule has 0 unspecified atom stereocenters. The van der Waals surface area contributed by atoms with E-state index >= 15 is 0 Å². The SMILES string of the molecule is Cc1[nH]n2c(=O)cc(C3CCOCC3)nc2c1Cc1cccc(C(F)(F)F)c1C. The Morgan fingerprint density at radius 2 is 1.97 bits per heavy atom. The van der Waals surface area contributed by atoms with Crippen molar-refractivity contribution in [3.63, 3.8) is 0 Å². The Bertz CT molecular complexity index is 1110. The van der Waals surface area contributed by atoms with Gasteiger partial charge in [-0.2, -0.15) is 13.2 Å². The van der Waals surface area contributed by atoms with E-state index in [4.69, 9.17) is 9.72 Å². The van der Waals surface area contributed by atoms with Crippen LogP contribution in [0.5, 0.6) is 0 Å². The molecular weight excluding hydrogens is 383 g/mol. The molecule has 1 N–H and O–H groups in total. The Morgan fingerprint density at radius 1 is 1.24 bits per heavy atom. The summed E-state index contributed by atoms with van der Waals surface area (Å²) < 4.78 is 46.6. The number of hydrogen-bond donors (Lipinski definition) is 1. The fourth-order valence-electron chi connectivity index (χ4n) is 4.00. The van der Waals surface area contributed by atoms with Gasteiger partial charge in [-0.25, -0.2) is 9.50 Å². The van der Waals surface area contributed by atoms with Crippen LogP contribution in [0.1, 0.15) is 52.4 Å². The monoisotopic (exact) mass is 405 g/mol. The summed E-state index contributed by atoms with van der Waals surface area (Å²) in [5, 5.41) is 3.00. The zero-order chi connectivity index (χ0) is 20.8. The van der Waals surface area contributed by atoms with Crippen molar-refractivity contribution in [2.24, 2.45) is 0 Å². The van der Waals surface area contributed by atoms with Gasteiger partial charge in [0.1, 0.15) is 0 Å². The Balaban J connectivity index is 1.79. The van der Waals surface area contributed by atoms with Gasteiger partial charge < -0.3 is 4.74 Å². The van der Waals surface area contributed by atoms with Crippen molar-refractivity contribution in [2.75, 3.05) is 13.2 Å². The molecule has 0 atom stereocenters. The van der Waals surface area contributed by atoms with Gasteiger partial charge in [0, 0.05) is 42.9 Å². The summed E-state index contributed by atoms with van der Waals surface area (Å²) in [5.74, 6) is 0.153. The highest BCUT2D eigenvalue weighted by molar-refractivity contribution is 5.53. The molecule has 29 heavy (non-hydrogen) atoms. The van der Waals surface area contributed by atoms with E-state index in [1.807, 2.05) is 0 Å². The molecule has 3 aromatic rings. The highest BCUT2D eigenvalue weighted by Crippen LogP contribution is 2.34. The molecule has 4 rings (SSSR count). The highest BCUT2D eigenvalue weighted by Gasteiger charge is 2.33. The van der Waals surface area contributed by atoms with Gasteiger partial charge in [0.05, 0.1) is 11.3 Å². The summed E-state index contributed by atoms with van der Waals surface area (Å²) in [5.41, 5.74) is 2.56. The molecule has 1 aliphatic rings. The standard InChI is InChI=1S/C21H22F3N3O2/c1-12-15(4-3-5-17(12)21(22,23)24)10-16-13(2)26-27-19(28)11-18(25-20(16)27)14-6-8-29-9-7-14/h3-5,11,14,26H,6-10H2,1-2H3. The maximum absolute atomic E-state index is 13.3. The number of fused-ring (bicyclic) bond motifs is 1. The molecule has 1 fully saturated rings. The molecular formula is C21H22F3N3O2. The van der Waals surface area contributed by atoms with Crippen LogP contribution in [0.4, 0.5) is 13.2 Å². The Hall–Kier alpha value is -2.61. The van der Waals surface area contributed by atoms with Crippen molar-refractivity contribution < 1.29 is 17.9 Å². The maximum atomic E-state index is 13.3. The first-order valence-electron chi connectivity index (χ1n) is 9.60. The van der Waals surface area contributed by atoms with Crippen LogP contribution in [0.2, 0.25) is 0 Å². The van der Waals surface area contributed by atoms with E-state index in [1.54, 1.807) is 13.0 Å². The zero-order valence-corrected chi connectivity index (χ0v) is 16.3. The van der Waals surface area contributed by atoms with Crippen LogP contribution in [0, 0.1) is 13.8 Å². The van der Waals surface area contributed by atoms with Crippen LogP contribution in [0.25, 0.3) is 5.65 Å². The fraction of sp³-hybridized carbons (Fsp3) is 0.429. The maximum Gasteiger partial charge on any atom is 0.416 e. The molecule has 1 saturated heterocycles. The predicted molar refractivity (Wildman–Crippen MR) is 102 cm³/mol. The van der Waals surface area contributed by atoms with Crippen LogP contribution < -0.4 is 5.56 Å². The third-order valence-corrected chi connectivity index (χ3v) is 5.70. The van der Waals surface area contributed by atoms with Crippen molar-refractivity contribution in [1.82, 2.24) is 14.6 Å². The first-order valence-corrected chi connectivity index (χ1v) is 9.60. The molecule has 154 valence electrons. The van der Waals surface area contributed by atoms with Gasteiger partial charge in [0.25, 0.3) is 5.56 Å². The second kappa shape index (κ2) is 7.33. The zero-order valence-electron chi connectivity index (χ0n) is 16.3. The topological polar surface area (TPSA) is 59.4 Å². The summed E-state index contributed by atoms with van der Waals surface area (Å²) in [7, 11) is 0. The Labute approximate surface area is 165 Å². The number of halogens is 3.